The van der Waals surface area contributed by atoms with Crippen LogP contribution in [0.5, 0.6) is 11.5 Å². The van der Waals surface area contributed by atoms with Crippen LogP contribution in [-0.2, 0) is 0 Å². The van der Waals surface area contributed by atoms with E-state index in [9.17, 15) is 9.18 Å². The zero-order valence-corrected chi connectivity index (χ0v) is 17.5. The number of rotatable bonds is 8. The second-order valence-corrected chi connectivity index (χ2v) is 8.02. The topological polar surface area (TPSA) is 54.4 Å². The number of carbonyl (C=O) groups is 1. The summed E-state index contributed by atoms with van der Waals surface area (Å²) >= 11 is 1.33. The summed E-state index contributed by atoms with van der Waals surface area (Å²) in [5.74, 6) is 0.801. The number of methoxy groups -OCH3 is 1. The molecular weight excluding hydrogens is 381 g/mol. The van der Waals surface area contributed by atoms with Crippen LogP contribution in [0.25, 0.3) is 0 Å². The van der Waals surface area contributed by atoms with Crippen molar-refractivity contribution >= 4 is 22.7 Å². The Kier molecular flexibility index (Phi) is 7.18. The van der Waals surface area contributed by atoms with Gasteiger partial charge in [0.05, 0.1) is 18.1 Å². The van der Waals surface area contributed by atoms with Crippen LogP contribution in [0.1, 0.15) is 45.1 Å². The molecule has 2 atom stereocenters. The van der Waals surface area contributed by atoms with Gasteiger partial charge in [-0.1, -0.05) is 25.6 Å². The second kappa shape index (κ2) is 9.60. The van der Waals surface area contributed by atoms with Crippen LogP contribution < -0.4 is 9.47 Å². The SMILES string of the molecule is CCC1SC(=O)N(C(CC)N2CCCC2)N=C1c1ccc(OCF)c(OC)c1. The number of hydrogen-bond donors (Lipinski definition) is 0. The lowest BCUT2D eigenvalue weighted by molar-refractivity contribution is 0.0925. The third-order valence-corrected chi connectivity index (χ3v) is 6.43. The van der Waals surface area contributed by atoms with E-state index < -0.39 is 6.86 Å². The van der Waals surface area contributed by atoms with E-state index in [0.29, 0.717) is 11.5 Å². The van der Waals surface area contributed by atoms with Gasteiger partial charge in [0.2, 0.25) is 6.86 Å². The minimum Gasteiger partial charge on any atom is -0.493 e. The van der Waals surface area contributed by atoms with E-state index in [1.54, 1.807) is 17.1 Å². The van der Waals surface area contributed by atoms with Crippen molar-refractivity contribution in [2.45, 2.75) is 50.9 Å². The fourth-order valence-corrected chi connectivity index (χ4v) is 4.77. The van der Waals surface area contributed by atoms with Gasteiger partial charge in [-0.2, -0.15) is 5.10 Å². The fourth-order valence-electron chi connectivity index (χ4n) is 3.79. The molecule has 28 heavy (non-hydrogen) atoms. The number of nitrogens with zero attached hydrogens (tertiary/aromatic N) is 3. The molecule has 0 saturated carbocycles. The Balaban J connectivity index is 1.97. The van der Waals surface area contributed by atoms with Crippen LogP contribution in [-0.4, -0.2) is 59.3 Å². The summed E-state index contributed by atoms with van der Waals surface area (Å²) in [6.07, 6.45) is 3.91. The Labute approximate surface area is 170 Å². The molecule has 0 spiro atoms. The average molecular weight is 410 g/mol. The molecule has 0 aromatic heterocycles. The average Bonchev–Trinajstić information content (AvgIpc) is 3.24. The van der Waals surface area contributed by atoms with Gasteiger partial charge >= 0.3 is 5.24 Å². The van der Waals surface area contributed by atoms with Gasteiger partial charge in [-0.25, -0.2) is 9.40 Å². The van der Waals surface area contributed by atoms with Crippen LogP contribution >= 0.6 is 11.8 Å². The molecule has 3 rings (SSSR count). The summed E-state index contributed by atoms with van der Waals surface area (Å²) in [6.45, 7) is 5.22. The molecule has 2 unspecified atom stereocenters. The first-order valence-electron chi connectivity index (χ1n) is 9.82. The maximum atomic E-state index is 12.8. The molecule has 0 radical (unpaired) electrons. The smallest absolute Gasteiger partial charge is 0.303 e. The number of amides is 1. The highest BCUT2D eigenvalue weighted by Gasteiger charge is 2.36. The van der Waals surface area contributed by atoms with E-state index in [4.69, 9.17) is 14.6 Å². The van der Waals surface area contributed by atoms with Crippen LogP contribution in [0.2, 0.25) is 0 Å². The molecule has 2 aliphatic rings. The van der Waals surface area contributed by atoms with Crippen LogP contribution in [0.15, 0.2) is 23.3 Å². The molecule has 6 nitrogen and oxygen atoms in total. The van der Waals surface area contributed by atoms with Crippen molar-refractivity contribution in [3.8, 4) is 11.5 Å². The molecular formula is C20H28FN3O3S. The maximum absolute atomic E-state index is 12.8. The number of carbonyl (C=O) groups excluding carboxylic acids is 1. The lowest BCUT2D eigenvalue weighted by atomic mass is 10.0. The fraction of sp³-hybridized carbons (Fsp3) is 0.600. The van der Waals surface area contributed by atoms with Crippen molar-refractivity contribution in [1.29, 1.82) is 0 Å². The Bertz CT molecular complexity index is 725. The second-order valence-electron chi connectivity index (χ2n) is 6.86. The van der Waals surface area contributed by atoms with Crippen molar-refractivity contribution < 1.29 is 18.7 Å². The van der Waals surface area contributed by atoms with Crippen molar-refractivity contribution in [3.63, 3.8) is 0 Å². The normalized spacial score (nSPS) is 21.6. The van der Waals surface area contributed by atoms with Gasteiger partial charge in [-0.3, -0.25) is 9.69 Å². The summed E-state index contributed by atoms with van der Waals surface area (Å²) in [5.41, 5.74) is 1.70. The molecule has 2 heterocycles. The van der Waals surface area contributed by atoms with Gasteiger partial charge in [-0.15, -0.1) is 0 Å². The minimum atomic E-state index is -0.916. The van der Waals surface area contributed by atoms with Gasteiger partial charge < -0.3 is 9.47 Å². The van der Waals surface area contributed by atoms with Gasteiger partial charge in [-0.05, 0) is 43.9 Å². The lowest BCUT2D eigenvalue weighted by Crippen LogP contribution is -2.49. The molecule has 1 saturated heterocycles. The molecule has 0 bridgehead atoms. The first-order valence-corrected chi connectivity index (χ1v) is 10.7. The van der Waals surface area contributed by atoms with Gasteiger partial charge in [0.25, 0.3) is 0 Å². The number of hydrogen-bond acceptors (Lipinski definition) is 6. The molecule has 1 aromatic rings. The Morgan fingerprint density at radius 3 is 2.64 bits per heavy atom. The molecule has 1 amide bonds. The molecule has 1 aromatic carbocycles. The predicted octanol–water partition coefficient (Wildman–Crippen LogP) is 4.48. The van der Waals surface area contributed by atoms with E-state index in [-0.39, 0.29) is 16.7 Å². The van der Waals surface area contributed by atoms with Gasteiger partial charge in [0, 0.05) is 18.7 Å². The number of halogens is 1. The van der Waals surface area contributed by atoms with E-state index in [0.717, 1.165) is 50.0 Å². The number of alkyl halides is 1. The summed E-state index contributed by atoms with van der Waals surface area (Å²) < 4.78 is 22.9. The van der Waals surface area contributed by atoms with Crippen LogP contribution in [0, 0.1) is 0 Å². The van der Waals surface area contributed by atoms with E-state index >= 15 is 0 Å². The monoisotopic (exact) mass is 409 g/mol. The van der Waals surface area contributed by atoms with E-state index in [1.165, 1.54) is 18.9 Å². The third kappa shape index (κ3) is 4.27. The number of ether oxygens (including phenoxy) is 2. The van der Waals surface area contributed by atoms with Crippen LogP contribution in [0.4, 0.5) is 9.18 Å². The minimum absolute atomic E-state index is 0.00121. The first kappa shape index (κ1) is 20.9. The quantitative estimate of drug-likeness (QED) is 0.633. The summed E-state index contributed by atoms with van der Waals surface area (Å²) in [4.78, 5) is 15.2. The van der Waals surface area contributed by atoms with Crippen molar-refractivity contribution in [2.24, 2.45) is 5.10 Å². The van der Waals surface area contributed by atoms with Gasteiger partial charge in [0.15, 0.2) is 11.5 Å². The van der Waals surface area contributed by atoms with Crippen molar-refractivity contribution in [3.05, 3.63) is 23.8 Å². The summed E-state index contributed by atoms with van der Waals surface area (Å²) in [5, 5.41) is 6.44. The maximum Gasteiger partial charge on any atom is 0.303 e. The highest BCUT2D eigenvalue weighted by Crippen LogP contribution is 2.35. The molecule has 1 fully saturated rings. The largest absolute Gasteiger partial charge is 0.493 e. The Morgan fingerprint density at radius 1 is 1.29 bits per heavy atom. The highest BCUT2D eigenvalue weighted by molar-refractivity contribution is 8.14. The van der Waals surface area contributed by atoms with Crippen LogP contribution in [0.3, 0.4) is 0 Å². The molecule has 0 N–H and O–H groups in total. The third-order valence-electron chi connectivity index (χ3n) is 5.20. The number of likely N-dealkylation sites (tertiary alicyclic amines) is 1. The number of thioether (sulfide) groups is 1. The van der Waals surface area contributed by atoms with Crippen molar-refractivity contribution in [1.82, 2.24) is 9.91 Å². The highest BCUT2D eigenvalue weighted by atomic mass is 32.2. The molecule has 0 aliphatic carbocycles. The summed E-state index contributed by atoms with van der Waals surface area (Å²) in [6, 6.07) is 5.34. The van der Waals surface area contributed by atoms with Crippen molar-refractivity contribution in [2.75, 3.05) is 27.1 Å². The zero-order chi connectivity index (χ0) is 20.1. The zero-order valence-electron chi connectivity index (χ0n) is 16.7. The van der Waals surface area contributed by atoms with E-state index in [1.807, 2.05) is 13.0 Å². The number of benzene rings is 1. The van der Waals surface area contributed by atoms with E-state index in [2.05, 4.69) is 11.8 Å². The first-order chi connectivity index (χ1) is 13.6. The Morgan fingerprint density at radius 2 is 2.04 bits per heavy atom. The summed E-state index contributed by atoms with van der Waals surface area (Å²) in [7, 11) is 1.52. The molecule has 2 aliphatic heterocycles. The Hall–Kier alpha value is -1.80. The lowest BCUT2D eigenvalue weighted by Gasteiger charge is -2.37. The van der Waals surface area contributed by atoms with Gasteiger partial charge in [0.1, 0.15) is 6.17 Å². The standard InChI is InChI=1S/C20H28FN3O3S/c1-4-17-19(14-8-9-15(27-13-21)16(12-14)26-3)22-24(20(25)28-17)18(5-2)23-10-6-7-11-23/h8-9,12,17-18H,4-7,10-11,13H2,1-3H3. The molecule has 154 valence electrons. The predicted molar refractivity (Wildman–Crippen MR) is 110 cm³/mol. The molecule has 8 heteroatoms. The number of hydrazone groups is 1.